The van der Waals surface area contributed by atoms with Crippen molar-refractivity contribution in [2.45, 2.75) is 12.6 Å². The van der Waals surface area contributed by atoms with Gasteiger partial charge in [0.15, 0.2) is 0 Å². The summed E-state index contributed by atoms with van der Waals surface area (Å²) in [7, 11) is 0. The van der Waals surface area contributed by atoms with Crippen LogP contribution in [0.1, 0.15) is 11.1 Å². The molecule has 0 atom stereocenters. The largest absolute Gasteiger partial charge is 0.456 e. The van der Waals surface area contributed by atoms with Gasteiger partial charge in [0.1, 0.15) is 11.5 Å². The van der Waals surface area contributed by atoms with Gasteiger partial charge in [-0.2, -0.15) is 18.4 Å². The maximum Gasteiger partial charge on any atom is 0.416 e. The minimum absolute atomic E-state index is 0.0403. The number of benzene rings is 2. The number of hydrogen-bond donors (Lipinski definition) is 0. The lowest BCUT2D eigenvalue weighted by atomic mass is 10.1. The highest BCUT2D eigenvalue weighted by molar-refractivity contribution is 6.32. The molecule has 124 valence electrons. The molecular weight excluding hydrogens is 349 g/mol. The van der Waals surface area contributed by atoms with Crippen LogP contribution in [-0.2, 0) is 12.6 Å². The van der Waals surface area contributed by atoms with Gasteiger partial charge in [-0.3, -0.25) is 10.1 Å². The van der Waals surface area contributed by atoms with Crippen molar-refractivity contribution in [3.8, 4) is 17.6 Å². The smallest absolute Gasteiger partial charge is 0.416 e. The van der Waals surface area contributed by atoms with Crippen molar-refractivity contribution in [1.29, 1.82) is 5.26 Å². The Hall–Kier alpha value is -2.79. The number of rotatable bonds is 4. The van der Waals surface area contributed by atoms with Crippen LogP contribution in [0, 0.1) is 21.4 Å². The Kier molecular flexibility index (Phi) is 4.95. The van der Waals surface area contributed by atoms with Crippen molar-refractivity contribution >= 4 is 17.3 Å². The normalized spacial score (nSPS) is 11.0. The SMILES string of the molecule is N#CCc1cc(Oc2ccc(C(F)(F)F)cc2Cl)ccc1[N+](=O)[O-]. The number of nitrogens with zero attached hydrogens (tertiary/aromatic N) is 2. The van der Waals surface area contributed by atoms with Crippen molar-refractivity contribution in [3.63, 3.8) is 0 Å². The summed E-state index contributed by atoms with van der Waals surface area (Å²) < 4.78 is 43.1. The lowest BCUT2D eigenvalue weighted by Gasteiger charge is -2.11. The lowest BCUT2D eigenvalue weighted by Crippen LogP contribution is -2.04. The molecule has 0 aromatic heterocycles. The number of nitro benzene ring substituents is 1. The molecule has 0 N–H and O–H groups in total. The molecule has 0 aliphatic carbocycles. The fraction of sp³-hybridized carbons (Fsp3) is 0.133. The monoisotopic (exact) mass is 356 g/mol. The van der Waals surface area contributed by atoms with E-state index in [1.54, 1.807) is 6.07 Å². The van der Waals surface area contributed by atoms with E-state index >= 15 is 0 Å². The Labute approximate surface area is 139 Å². The maximum absolute atomic E-state index is 12.6. The molecular formula is C15H8ClF3N2O3. The van der Waals surface area contributed by atoms with E-state index in [1.807, 2.05) is 0 Å². The first-order valence-corrected chi connectivity index (χ1v) is 6.79. The van der Waals surface area contributed by atoms with Crippen LogP contribution in [0.15, 0.2) is 36.4 Å². The third kappa shape index (κ3) is 3.94. The quantitative estimate of drug-likeness (QED) is 0.562. The highest BCUT2D eigenvalue weighted by Crippen LogP contribution is 2.37. The molecule has 0 unspecified atom stereocenters. The second-order valence-electron chi connectivity index (χ2n) is 4.63. The number of alkyl halides is 3. The molecule has 0 heterocycles. The van der Waals surface area contributed by atoms with Crippen molar-refractivity contribution in [2.24, 2.45) is 0 Å². The zero-order valence-electron chi connectivity index (χ0n) is 11.8. The Morgan fingerprint density at radius 2 is 1.96 bits per heavy atom. The summed E-state index contributed by atoms with van der Waals surface area (Å²) in [5, 5.41) is 19.3. The summed E-state index contributed by atoms with van der Waals surface area (Å²) in [6.45, 7) is 0. The molecule has 0 aliphatic rings. The van der Waals surface area contributed by atoms with Crippen molar-refractivity contribution < 1.29 is 22.8 Å². The molecule has 0 radical (unpaired) electrons. The molecule has 0 aliphatic heterocycles. The van der Waals surface area contributed by atoms with Crippen molar-refractivity contribution in [1.82, 2.24) is 0 Å². The van der Waals surface area contributed by atoms with E-state index in [1.165, 1.54) is 12.1 Å². The first-order chi connectivity index (χ1) is 11.2. The molecule has 0 fully saturated rings. The third-order valence-corrected chi connectivity index (χ3v) is 3.30. The number of nitriles is 1. The number of hydrogen-bond acceptors (Lipinski definition) is 4. The van der Waals surface area contributed by atoms with Crippen molar-refractivity contribution in [3.05, 3.63) is 62.7 Å². The highest BCUT2D eigenvalue weighted by atomic mass is 35.5. The Morgan fingerprint density at radius 1 is 1.25 bits per heavy atom. The lowest BCUT2D eigenvalue weighted by molar-refractivity contribution is -0.385. The van der Waals surface area contributed by atoms with Gasteiger partial charge in [0.05, 0.1) is 28.0 Å². The number of ether oxygens (including phenoxy) is 1. The minimum atomic E-state index is -4.53. The molecule has 2 aromatic carbocycles. The van der Waals surface area contributed by atoms with Gasteiger partial charge in [0, 0.05) is 11.6 Å². The zero-order chi connectivity index (χ0) is 17.9. The van der Waals surface area contributed by atoms with Crippen LogP contribution in [0.25, 0.3) is 0 Å². The van der Waals surface area contributed by atoms with Gasteiger partial charge in [0.2, 0.25) is 0 Å². The van der Waals surface area contributed by atoms with Gasteiger partial charge in [-0.15, -0.1) is 0 Å². The van der Waals surface area contributed by atoms with E-state index < -0.39 is 16.7 Å². The summed E-state index contributed by atoms with van der Waals surface area (Å²) in [6, 6.07) is 8.07. The van der Waals surface area contributed by atoms with E-state index in [4.69, 9.17) is 21.6 Å². The van der Waals surface area contributed by atoms with Gasteiger partial charge in [0.25, 0.3) is 5.69 Å². The molecule has 0 spiro atoms. The first-order valence-electron chi connectivity index (χ1n) is 6.41. The van der Waals surface area contributed by atoms with Gasteiger partial charge in [-0.05, 0) is 30.3 Å². The van der Waals surface area contributed by atoms with Crippen LogP contribution in [-0.4, -0.2) is 4.92 Å². The van der Waals surface area contributed by atoms with Crippen molar-refractivity contribution in [2.75, 3.05) is 0 Å². The predicted octanol–water partition coefficient (Wildman–Crippen LogP) is 5.13. The van der Waals surface area contributed by atoms with Crippen LogP contribution in [0.4, 0.5) is 18.9 Å². The molecule has 2 rings (SSSR count). The van der Waals surface area contributed by atoms with Gasteiger partial charge >= 0.3 is 6.18 Å². The molecule has 0 saturated heterocycles. The zero-order valence-corrected chi connectivity index (χ0v) is 12.6. The van der Waals surface area contributed by atoms with Crippen LogP contribution in [0.2, 0.25) is 5.02 Å². The van der Waals surface area contributed by atoms with Crippen LogP contribution in [0.3, 0.4) is 0 Å². The molecule has 5 nitrogen and oxygen atoms in total. The van der Waals surface area contributed by atoms with E-state index in [2.05, 4.69) is 0 Å². The summed E-state index contributed by atoms with van der Waals surface area (Å²) in [4.78, 5) is 10.2. The molecule has 0 amide bonds. The highest BCUT2D eigenvalue weighted by Gasteiger charge is 2.31. The minimum Gasteiger partial charge on any atom is -0.456 e. The van der Waals surface area contributed by atoms with E-state index in [9.17, 15) is 23.3 Å². The number of nitro groups is 1. The Balaban J connectivity index is 2.33. The van der Waals surface area contributed by atoms with Crippen LogP contribution >= 0.6 is 11.6 Å². The summed E-state index contributed by atoms with van der Waals surface area (Å²) in [5.74, 6) is 0.0777. The predicted molar refractivity (Wildman–Crippen MR) is 78.9 cm³/mol. The molecule has 24 heavy (non-hydrogen) atoms. The Bertz CT molecular complexity index is 832. The standard InChI is InChI=1S/C15H8ClF3N2O3/c16-12-8-10(15(17,18)19)1-4-14(12)24-11-2-3-13(21(22)23)9(7-11)5-6-20/h1-4,7-8H,5H2. The molecule has 2 aromatic rings. The van der Waals surface area contributed by atoms with E-state index in [-0.39, 0.29) is 34.2 Å². The maximum atomic E-state index is 12.6. The molecule has 0 bridgehead atoms. The van der Waals surface area contributed by atoms with Gasteiger partial charge in [-0.25, -0.2) is 0 Å². The topological polar surface area (TPSA) is 76.2 Å². The summed E-state index contributed by atoms with van der Waals surface area (Å²) in [5.41, 5.74) is -1.04. The van der Waals surface area contributed by atoms with E-state index in [0.29, 0.717) is 0 Å². The summed E-state index contributed by atoms with van der Waals surface area (Å²) >= 11 is 5.78. The van der Waals surface area contributed by atoms with Gasteiger partial charge < -0.3 is 4.74 Å². The molecule has 9 heteroatoms. The number of halogens is 4. The molecule has 0 saturated carbocycles. The Morgan fingerprint density at radius 3 is 2.50 bits per heavy atom. The fourth-order valence-corrected chi connectivity index (χ4v) is 2.14. The summed E-state index contributed by atoms with van der Waals surface area (Å²) in [6.07, 6.45) is -4.75. The first kappa shape index (κ1) is 17.6. The fourth-order valence-electron chi connectivity index (χ4n) is 1.92. The van der Waals surface area contributed by atoms with Crippen LogP contribution in [0.5, 0.6) is 11.5 Å². The average Bonchev–Trinajstić information content (AvgIpc) is 2.48. The second kappa shape index (κ2) is 6.76. The van der Waals surface area contributed by atoms with Gasteiger partial charge in [-0.1, -0.05) is 11.6 Å². The average molecular weight is 357 g/mol. The van der Waals surface area contributed by atoms with E-state index in [0.717, 1.165) is 24.3 Å². The third-order valence-electron chi connectivity index (χ3n) is 3.00. The van der Waals surface area contributed by atoms with Crippen LogP contribution < -0.4 is 4.74 Å². The second-order valence-corrected chi connectivity index (χ2v) is 5.03.